The number of nitrogens with zero attached hydrogens (tertiary/aromatic N) is 2. The van der Waals surface area contributed by atoms with Crippen molar-refractivity contribution < 1.29 is 0 Å². The van der Waals surface area contributed by atoms with E-state index in [1.54, 1.807) is 0 Å². The van der Waals surface area contributed by atoms with Crippen molar-refractivity contribution in [3.05, 3.63) is 378 Å². The summed E-state index contributed by atoms with van der Waals surface area (Å²) in [6.45, 7) is 18.0. The zero-order valence-electron chi connectivity index (χ0n) is 54.0. The van der Waals surface area contributed by atoms with Gasteiger partial charge in [-0.05, 0) is 217 Å². The Kier molecular flexibility index (Phi) is 14.5. The van der Waals surface area contributed by atoms with Crippen LogP contribution in [-0.4, -0.2) is 0 Å². The van der Waals surface area contributed by atoms with E-state index >= 15 is 0 Å². The molecule has 12 aromatic carbocycles. The Bertz CT molecular complexity index is 4280. The molecule has 2 aliphatic heterocycles. The lowest BCUT2D eigenvalue weighted by Crippen LogP contribution is -2.38. The van der Waals surface area contributed by atoms with Crippen LogP contribution >= 0.6 is 0 Å². The second-order valence-corrected chi connectivity index (χ2v) is 26.5. The van der Waals surface area contributed by atoms with Gasteiger partial charge in [0.05, 0.1) is 39.0 Å². The zero-order chi connectivity index (χ0) is 62.2. The van der Waals surface area contributed by atoms with Crippen molar-refractivity contribution in [2.24, 2.45) is 0 Å². The molecule has 2 nitrogen and oxygen atoms in total. The van der Waals surface area contributed by atoms with Crippen LogP contribution in [0.2, 0.25) is 0 Å². The fraction of sp³-hybridized carbons (Fsp3) is 0.191. The SMILES string of the molecule is CCCCc1ccc(C2(c3ccc(CCCC)cc3)c3cc4c(cc3-c3cc5c(cc32)N(c2ccccc2)c2ccc(C)cc2C5(c2ccc(C)cc2)c2ccc(C)cc2)C(c2ccc(C)cc2)(c2ccc(C)cc2)c2cc(C)ccc2N4c2ccccc2)cc1. The van der Waals surface area contributed by atoms with Gasteiger partial charge in [0.15, 0.2) is 0 Å². The standard InChI is InChI=1S/C89H80N2/c1-9-11-19-65-35-47-71(48-36-65)87(72-49-37-66(38-50-72)20-12-10-2)77-57-85-81(88(67-39-25-59(3)26-40-67,68-41-27-60(4)28-42-68)79-53-63(7)33-51-83(79)90(85)73-21-15-13-16-22-73)55-75(77)76-56-82-86(58-78(76)87)91(74-23-17-14-18-24-74)84-52-34-64(8)54-80(84)89(82,69-43-29-61(5)30-44-69)70-45-31-62(6)32-46-70/h13-18,21-58H,9-12,19-20H2,1-8H3. The minimum Gasteiger partial charge on any atom is -0.310 e. The molecule has 0 spiro atoms. The Morgan fingerprint density at radius 2 is 0.527 bits per heavy atom. The number of benzene rings is 12. The first kappa shape index (κ1) is 57.7. The van der Waals surface area contributed by atoms with E-state index in [0.717, 1.165) is 49.9 Å². The summed E-state index contributed by atoms with van der Waals surface area (Å²) in [5, 5.41) is 0. The first-order valence-electron chi connectivity index (χ1n) is 33.2. The maximum Gasteiger partial charge on any atom is 0.0742 e. The van der Waals surface area contributed by atoms with Crippen LogP contribution in [0.25, 0.3) is 11.1 Å². The summed E-state index contributed by atoms with van der Waals surface area (Å²) in [7, 11) is 0. The lowest BCUT2D eigenvalue weighted by molar-refractivity contribution is 0.721. The highest BCUT2D eigenvalue weighted by Gasteiger charge is 2.55. The molecule has 0 saturated carbocycles. The number of para-hydroxylation sites is 2. The molecule has 0 atom stereocenters. The lowest BCUT2D eigenvalue weighted by Gasteiger charge is -2.47. The van der Waals surface area contributed by atoms with Crippen molar-refractivity contribution in [3.8, 4) is 11.1 Å². The van der Waals surface area contributed by atoms with E-state index in [4.69, 9.17) is 0 Å². The molecular formula is C89H80N2. The van der Waals surface area contributed by atoms with Crippen molar-refractivity contribution >= 4 is 34.1 Å². The molecule has 0 N–H and O–H groups in total. The van der Waals surface area contributed by atoms with Crippen LogP contribution in [0.4, 0.5) is 34.1 Å². The highest BCUT2D eigenvalue weighted by Crippen LogP contribution is 2.67. The highest BCUT2D eigenvalue weighted by molar-refractivity contribution is 5.99. The Morgan fingerprint density at radius 1 is 0.253 bits per heavy atom. The van der Waals surface area contributed by atoms with E-state index in [1.165, 1.54) is 145 Å². The average molecular weight is 1180 g/mol. The normalized spacial score (nSPS) is 14.4. The molecule has 3 aliphatic rings. The predicted octanol–water partition coefficient (Wildman–Crippen LogP) is 22.9. The maximum absolute atomic E-state index is 2.69. The van der Waals surface area contributed by atoms with Crippen LogP contribution in [-0.2, 0) is 29.1 Å². The van der Waals surface area contributed by atoms with E-state index < -0.39 is 16.2 Å². The van der Waals surface area contributed by atoms with Crippen molar-refractivity contribution in [2.75, 3.05) is 9.80 Å². The van der Waals surface area contributed by atoms with Gasteiger partial charge in [0.25, 0.3) is 0 Å². The molecule has 0 aromatic heterocycles. The number of aryl methyl sites for hydroxylation is 8. The van der Waals surface area contributed by atoms with Crippen LogP contribution in [0.15, 0.2) is 267 Å². The van der Waals surface area contributed by atoms with Gasteiger partial charge in [0, 0.05) is 11.4 Å². The van der Waals surface area contributed by atoms with Gasteiger partial charge >= 0.3 is 0 Å². The van der Waals surface area contributed by atoms with Gasteiger partial charge in [-0.15, -0.1) is 0 Å². The summed E-state index contributed by atoms with van der Waals surface area (Å²) in [6.07, 6.45) is 6.67. The van der Waals surface area contributed by atoms with Crippen molar-refractivity contribution in [1.29, 1.82) is 0 Å². The summed E-state index contributed by atoms with van der Waals surface area (Å²) in [6, 6.07) is 105. The summed E-state index contributed by atoms with van der Waals surface area (Å²) in [4.78, 5) is 5.20. The number of anilines is 6. The lowest BCUT2D eigenvalue weighted by atomic mass is 9.60. The molecule has 0 amide bonds. The molecule has 0 unspecified atom stereocenters. The summed E-state index contributed by atoms with van der Waals surface area (Å²) < 4.78 is 0. The zero-order valence-corrected chi connectivity index (χ0v) is 54.0. The Morgan fingerprint density at radius 3 is 0.835 bits per heavy atom. The number of unbranched alkanes of at least 4 members (excludes halogenated alkanes) is 2. The Balaban J connectivity index is 1.17. The molecule has 2 heteroatoms. The summed E-state index contributed by atoms with van der Waals surface area (Å²) in [5.74, 6) is 0. The molecule has 0 saturated heterocycles. The summed E-state index contributed by atoms with van der Waals surface area (Å²) >= 11 is 0. The van der Waals surface area contributed by atoms with E-state index in [2.05, 4.69) is 332 Å². The largest absolute Gasteiger partial charge is 0.310 e. The second-order valence-electron chi connectivity index (χ2n) is 26.5. The summed E-state index contributed by atoms with van der Waals surface area (Å²) in [5.41, 5.74) is 32.3. The third-order valence-corrected chi connectivity index (χ3v) is 20.6. The van der Waals surface area contributed by atoms with E-state index in [9.17, 15) is 0 Å². The molecule has 0 fully saturated rings. The van der Waals surface area contributed by atoms with E-state index in [0.29, 0.717) is 0 Å². The van der Waals surface area contributed by atoms with Crippen LogP contribution in [0.5, 0.6) is 0 Å². The molecule has 12 aromatic rings. The van der Waals surface area contributed by atoms with E-state index in [-0.39, 0.29) is 0 Å². The first-order chi connectivity index (χ1) is 44.5. The molecule has 15 rings (SSSR count). The molecule has 446 valence electrons. The molecule has 0 radical (unpaired) electrons. The van der Waals surface area contributed by atoms with Gasteiger partial charge in [-0.3, -0.25) is 0 Å². The van der Waals surface area contributed by atoms with Crippen LogP contribution in [0.3, 0.4) is 0 Å². The van der Waals surface area contributed by atoms with Crippen LogP contribution in [0.1, 0.15) is 151 Å². The fourth-order valence-electron chi connectivity index (χ4n) is 16.1. The average Bonchev–Trinajstić information content (AvgIpc) is 1.65. The number of rotatable bonds is 14. The van der Waals surface area contributed by atoms with Crippen molar-refractivity contribution in [1.82, 2.24) is 0 Å². The minimum atomic E-state index is -0.806. The molecular weight excluding hydrogens is 1100 g/mol. The number of hydrogen-bond donors (Lipinski definition) is 0. The second kappa shape index (κ2) is 22.9. The van der Waals surface area contributed by atoms with Gasteiger partial charge in [0.1, 0.15) is 0 Å². The highest BCUT2D eigenvalue weighted by atomic mass is 15.2. The molecule has 2 heterocycles. The van der Waals surface area contributed by atoms with Crippen molar-refractivity contribution in [3.63, 3.8) is 0 Å². The van der Waals surface area contributed by atoms with Gasteiger partial charge in [-0.2, -0.15) is 0 Å². The monoisotopic (exact) mass is 1180 g/mol. The number of hydrogen-bond acceptors (Lipinski definition) is 2. The van der Waals surface area contributed by atoms with E-state index in [1.807, 2.05) is 0 Å². The molecule has 91 heavy (non-hydrogen) atoms. The predicted molar refractivity (Wildman–Crippen MR) is 382 cm³/mol. The molecule has 0 bridgehead atoms. The van der Waals surface area contributed by atoms with Gasteiger partial charge in [0.2, 0.25) is 0 Å². The van der Waals surface area contributed by atoms with Gasteiger partial charge < -0.3 is 9.80 Å². The van der Waals surface area contributed by atoms with Crippen LogP contribution < -0.4 is 9.80 Å². The number of fused-ring (bicyclic) bond motifs is 7. The first-order valence-corrected chi connectivity index (χ1v) is 33.2. The fourth-order valence-corrected chi connectivity index (χ4v) is 16.1. The topological polar surface area (TPSA) is 6.48 Å². The Labute approximate surface area is 540 Å². The van der Waals surface area contributed by atoms with Gasteiger partial charge in [-0.25, -0.2) is 0 Å². The van der Waals surface area contributed by atoms with Crippen LogP contribution in [0, 0.1) is 41.5 Å². The quantitative estimate of drug-likeness (QED) is 0.107. The van der Waals surface area contributed by atoms with Gasteiger partial charge in [-0.1, -0.05) is 266 Å². The smallest absolute Gasteiger partial charge is 0.0742 e. The van der Waals surface area contributed by atoms with Crippen molar-refractivity contribution in [2.45, 2.75) is 110 Å². The Hall–Kier alpha value is -9.76. The molecule has 1 aliphatic carbocycles. The third-order valence-electron chi connectivity index (χ3n) is 20.6. The maximum atomic E-state index is 2.69. The minimum absolute atomic E-state index is 0.756. The third kappa shape index (κ3) is 9.11.